The summed E-state index contributed by atoms with van der Waals surface area (Å²) in [4.78, 5) is 26.3. The highest BCUT2D eigenvalue weighted by atomic mass is 16.1. The monoisotopic (exact) mass is 264 g/mol. The topological polar surface area (TPSA) is 118 Å². The molecule has 1 amide bonds. The fourth-order valence-corrected chi connectivity index (χ4v) is 1.83. The quantitative estimate of drug-likeness (QED) is 0.624. The number of carbonyl (C=O) groups excluding carboxylic acids is 1. The van der Waals surface area contributed by atoms with Crippen molar-refractivity contribution in [2.75, 3.05) is 11.9 Å². The zero-order valence-corrected chi connectivity index (χ0v) is 10.6. The van der Waals surface area contributed by atoms with Gasteiger partial charge in [0.2, 0.25) is 5.91 Å². The summed E-state index contributed by atoms with van der Waals surface area (Å²) in [6, 6.07) is 1.69. The van der Waals surface area contributed by atoms with E-state index in [1.54, 1.807) is 13.0 Å². The molecule has 0 saturated heterocycles. The molecule has 2 rings (SSSR count). The van der Waals surface area contributed by atoms with Crippen molar-refractivity contribution in [3.8, 4) is 0 Å². The van der Waals surface area contributed by atoms with Crippen molar-refractivity contribution >= 4 is 17.4 Å². The highest BCUT2D eigenvalue weighted by Crippen LogP contribution is 2.08. The highest BCUT2D eigenvalue weighted by molar-refractivity contribution is 5.73. The molecule has 0 aliphatic heterocycles. The third-order valence-electron chi connectivity index (χ3n) is 2.73. The predicted molar refractivity (Wildman–Crippen MR) is 69.9 cm³/mol. The van der Waals surface area contributed by atoms with Gasteiger partial charge in [0.15, 0.2) is 5.65 Å². The van der Waals surface area contributed by atoms with Gasteiger partial charge in [0.1, 0.15) is 11.6 Å². The van der Waals surface area contributed by atoms with Gasteiger partial charge in [-0.15, -0.1) is 0 Å². The summed E-state index contributed by atoms with van der Waals surface area (Å²) in [5.41, 5.74) is 5.28. The van der Waals surface area contributed by atoms with Crippen LogP contribution in [-0.2, 0) is 4.79 Å². The Morgan fingerprint density at radius 3 is 3.05 bits per heavy atom. The van der Waals surface area contributed by atoms with E-state index in [9.17, 15) is 9.59 Å². The van der Waals surface area contributed by atoms with Crippen LogP contribution < -0.4 is 16.7 Å². The first-order valence-electron chi connectivity index (χ1n) is 6.05. The number of rotatable bonds is 6. The normalized spacial score (nSPS) is 10.8. The van der Waals surface area contributed by atoms with E-state index in [0.29, 0.717) is 30.3 Å². The maximum Gasteiger partial charge on any atom is 0.349 e. The molecule has 0 saturated carbocycles. The van der Waals surface area contributed by atoms with Crippen LogP contribution in [0.5, 0.6) is 0 Å². The lowest BCUT2D eigenvalue weighted by Crippen LogP contribution is -2.14. The molecule has 19 heavy (non-hydrogen) atoms. The van der Waals surface area contributed by atoms with Crippen LogP contribution in [-0.4, -0.2) is 32.0 Å². The first-order chi connectivity index (χ1) is 9.08. The summed E-state index contributed by atoms with van der Waals surface area (Å²) in [6.07, 6.45) is 1.95. The minimum Gasteiger partial charge on any atom is -0.370 e. The smallest absolute Gasteiger partial charge is 0.349 e. The van der Waals surface area contributed by atoms with Crippen LogP contribution in [0.3, 0.4) is 0 Å². The van der Waals surface area contributed by atoms with E-state index in [1.807, 2.05) is 0 Å². The van der Waals surface area contributed by atoms with E-state index in [2.05, 4.69) is 20.5 Å². The molecule has 0 atom stereocenters. The minimum atomic E-state index is -0.298. The third kappa shape index (κ3) is 3.09. The molecule has 0 radical (unpaired) electrons. The van der Waals surface area contributed by atoms with Gasteiger partial charge < -0.3 is 11.1 Å². The van der Waals surface area contributed by atoms with Gasteiger partial charge in [-0.1, -0.05) is 0 Å². The molecule has 0 spiro atoms. The number of nitrogens with zero attached hydrogens (tertiary/aromatic N) is 3. The lowest BCUT2D eigenvalue weighted by molar-refractivity contribution is -0.118. The van der Waals surface area contributed by atoms with Crippen LogP contribution in [0.4, 0.5) is 5.82 Å². The molecule has 0 bridgehead atoms. The number of fused-ring (bicyclic) bond motifs is 1. The van der Waals surface area contributed by atoms with Gasteiger partial charge >= 0.3 is 5.69 Å². The van der Waals surface area contributed by atoms with E-state index < -0.39 is 0 Å². The highest BCUT2D eigenvalue weighted by Gasteiger charge is 2.06. The number of amides is 1. The number of hydrogen-bond acceptors (Lipinski definition) is 5. The molecular formula is C11H16N6O2. The second-order valence-electron chi connectivity index (χ2n) is 4.26. The Morgan fingerprint density at radius 2 is 2.32 bits per heavy atom. The van der Waals surface area contributed by atoms with Crippen LogP contribution in [0.25, 0.3) is 5.65 Å². The Kier molecular flexibility index (Phi) is 3.79. The molecule has 2 aromatic heterocycles. The predicted octanol–water partition coefficient (Wildman–Crippen LogP) is -0.206. The van der Waals surface area contributed by atoms with Gasteiger partial charge in [0.25, 0.3) is 0 Å². The number of primary amides is 1. The van der Waals surface area contributed by atoms with Crippen LogP contribution >= 0.6 is 0 Å². The molecule has 0 aliphatic rings. The van der Waals surface area contributed by atoms with E-state index in [4.69, 9.17) is 5.73 Å². The summed E-state index contributed by atoms with van der Waals surface area (Å²) in [7, 11) is 0. The van der Waals surface area contributed by atoms with Crippen molar-refractivity contribution in [2.45, 2.75) is 26.2 Å². The van der Waals surface area contributed by atoms with Gasteiger partial charge in [0.05, 0.1) is 0 Å². The Labute approximate surface area is 109 Å². The number of aromatic amines is 1. The van der Waals surface area contributed by atoms with Crippen LogP contribution in [0, 0.1) is 6.92 Å². The van der Waals surface area contributed by atoms with Gasteiger partial charge in [-0.3, -0.25) is 4.79 Å². The fraction of sp³-hybridized carbons (Fsp3) is 0.455. The van der Waals surface area contributed by atoms with E-state index in [0.717, 1.165) is 12.8 Å². The number of unbranched alkanes of at least 4 members (excludes halogenated alkanes) is 1. The van der Waals surface area contributed by atoms with E-state index in [1.165, 1.54) is 4.40 Å². The number of carbonyl (C=O) groups is 1. The first-order valence-corrected chi connectivity index (χ1v) is 6.05. The number of hydrogen-bond donors (Lipinski definition) is 3. The zero-order valence-electron chi connectivity index (χ0n) is 10.6. The number of anilines is 1. The summed E-state index contributed by atoms with van der Waals surface area (Å²) >= 11 is 0. The van der Waals surface area contributed by atoms with Crippen molar-refractivity contribution in [1.29, 1.82) is 0 Å². The van der Waals surface area contributed by atoms with E-state index in [-0.39, 0.29) is 11.6 Å². The van der Waals surface area contributed by atoms with Gasteiger partial charge in [-0.25, -0.2) is 19.3 Å². The molecule has 0 fully saturated rings. The third-order valence-corrected chi connectivity index (χ3v) is 2.73. The Morgan fingerprint density at radius 1 is 1.53 bits per heavy atom. The van der Waals surface area contributed by atoms with E-state index >= 15 is 0 Å². The lowest BCUT2D eigenvalue weighted by Gasteiger charge is -2.06. The molecule has 2 aromatic rings. The van der Waals surface area contributed by atoms with Crippen LogP contribution in [0.2, 0.25) is 0 Å². The van der Waals surface area contributed by atoms with Crippen LogP contribution in [0.1, 0.15) is 25.1 Å². The molecule has 102 valence electrons. The van der Waals surface area contributed by atoms with Crippen molar-refractivity contribution in [1.82, 2.24) is 19.6 Å². The van der Waals surface area contributed by atoms with Crippen molar-refractivity contribution in [3.05, 3.63) is 22.4 Å². The molecule has 8 nitrogen and oxygen atoms in total. The van der Waals surface area contributed by atoms with Crippen molar-refractivity contribution in [2.24, 2.45) is 5.73 Å². The SMILES string of the molecule is Cc1nc(NCCCCC(N)=O)cc2n[nH]c(=O)n12. The number of H-pyrrole nitrogens is 1. The Bertz CT molecular complexity index is 644. The fourth-order valence-electron chi connectivity index (χ4n) is 1.83. The first kappa shape index (κ1) is 13.1. The Hall–Kier alpha value is -2.38. The molecular weight excluding hydrogens is 248 g/mol. The minimum absolute atomic E-state index is 0.286. The standard InChI is InChI=1S/C11H16N6O2/c1-7-14-9(13-5-3-2-4-8(12)18)6-10-15-16-11(19)17(7)10/h6,13H,2-5H2,1H3,(H2,12,18)(H,16,19). The summed E-state index contributed by atoms with van der Waals surface area (Å²) in [5, 5.41) is 9.39. The molecule has 0 aliphatic carbocycles. The Balaban J connectivity index is 1.98. The molecule has 0 aromatic carbocycles. The van der Waals surface area contributed by atoms with Crippen molar-refractivity contribution < 1.29 is 4.79 Å². The molecule has 2 heterocycles. The molecule has 4 N–H and O–H groups in total. The number of aromatic nitrogens is 4. The largest absolute Gasteiger partial charge is 0.370 e. The molecule has 0 unspecified atom stereocenters. The van der Waals surface area contributed by atoms with Gasteiger partial charge in [-0.2, -0.15) is 5.10 Å². The second-order valence-corrected chi connectivity index (χ2v) is 4.26. The second kappa shape index (κ2) is 5.51. The van der Waals surface area contributed by atoms with Crippen LogP contribution in [0.15, 0.2) is 10.9 Å². The van der Waals surface area contributed by atoms with Gasteiger partial charge in [-0.05, 0) is 19.8 Å². The summed E-state index contributed by atoms with van der Waals surface area (Å²) in [5.74, 6) is 0.935. The lowest BCUT2D eigenvalue weighted by atomic mass is 10.2. The van der Waals surface area contributed by atoms with Crippen molar-refractivity contribution in [3.63, 3.8) is 0 Å². The average Bonchev–Trinajstić information content (AvgIpc) is 2.70. The summed E-state index contributed by atoms with van der Waals surface area (Å²) in [6.45, 7) is 2.42. The molecule has 8 heteroatoms. The summed E-state index contributed by atoms with van der Waals surface area (Å²) < 4.78 is 1.40. The number of aryl methyl sites for hydroxylation is 1. The zero-order chi connectivity index (χ0) is 13.8. The number of nitrogens with two attached hydrogens (primary N) is 1. The maximum absolute atomic E-state index is 11.4. The van der Waals surface area contributed by atoms with Gasteiger partial charge in [0, 0.05) is 19.0 Å². The number of nitrogens with one attached hydrogen (secondary N) is 2. The maximum atomic E-state index is 11.4. The average molecular weight is 264 g/mol.